The zero-order valence-electron chi connectivity index (χ0n) is 41.0. The van der Waals surface area contributed by atoms with Crippen LogP contribution >= 0.6 is 32.2 Å². The minimum atomic E-state index is -3.67. The van der Waals surface area contributed by atoms with Gasteiger partial charge in [0.25, 0.3) is 0 Å². The van der Waals surface area contributed by atoms with Crippen LogP contribution in [0.3, 0.4) is 0 Å². The van der Waals surface area contributed by atoms with Crippen LogP contribution < -0.4 is 47.7 Å². The normalized spacial score (nSPS) is 14.1. The Bertz CT molecular complexity index is 2620. The van der Waals surface area contributed by atoms with E-state index in [1.165, 1.54) is 97.8 Å². The van der Waals surface area contributed by atoms with Gasteiger partial charge in [-0.1, -0.05) is 0 Å². The summed E-state index contributed by atoms with van der Waals surface area (Å²) in [7, 11) is -3.17. The molecule has 0 aromatic heterocycles. The van der Waals surface area contributed by atoms with Crippen LogP contribution in [-0.2, 0) is 9.51 Å². The van der Waals surface area contributed by atoms with Crippen LogP contribution in [0, 0.1) is 62.3 Å². The predicted octanol–water partition coefficient (Wildman–Crippen LogP) is 13.2. The van der Waals surface area contributed by atoms with Gasteiger partial charge in [0.05, 0.1) is 0 Å². The molecule has 0 aliphatic heterocycles. The third-order valence-electron chi connectivity index (χ3n) is 14.6. The van der Waals surface area contributed by atoms with Crippen molar-refractivity contribution in [3.63, 3.8) is 0 Å². The molecule has 0 saturated heterocycles. The maximum atomic E-state index is 5.89. The van der Waals surface area contributed by atoms with Gasteiger partial charge in [0, 0.05) is 0 Å². The zero-order valence-corrected chi connectivity index (χ0v) is 46.6. The molecule has 0 atom stereocenters. The molecule has 0 N–H and O–H groups in total. The van der Waals surface area contributed by atoms with E-state index in [4.69, 9.17) is 14.2 Å². The molecule has 9 aromatic carbocycles. The molecule has 5 heteroatoms. The Morgan fingerprint density at radius 2 is 0.309 bits per heavy atom. The third-order valence-corrected chi connectivity index (χ3v) is 78.7. The summed E-state index contributed by atoms with van der Waals surface area (Å²) in [6.45, 7) is 21.8. The Balaban J connectivity index is 1.84. The molecule has 0 heterocycles. The number of hydrogen-bond donors (Lipinski definition) is 0. The predicted molar refractivity (Wildman–Crippen MR) is 311 cm³/mol. The molecule has 0 unspecified atom stereocenters. The first kappa shape index (κ1) is 48.3. The van der Waals surface area contributed by atoms with Gasteiger partial charge in [-0.05, 0) is 0 Å². The van der Waals surface area contributed by atoms with Crippen LogP contribution in [-0.4, -0.2) is 0 Å². The first-order valence-corrected chi connectivity index (χ1v) is 36.6. The molecule has 0 amide bonds. The molecule has 9 aromatic rings. The summed E-state index contributed by atoms with van der Waals surface area (Å²) in [5.74, 6) is -11.0. The summed E-state index contributed by atoms with van der Waals surface area (Å²) in [6.07, 6.45) is 0. The third kappa shape index (κ3) is 7.24. The van der Waals surface area contributed by atoms with E-state index < -0.39 is 27.5 Å². The number of benzene rings is 9. The Kier molecular flexibility index (Phi) is 13.9. The molecule has 0 spiro atoms. The van der Waals surface area contributed by atoms with Crippen molar-refractivity contribution in [3.05, 3.63) is 268 Å². The zero-order chi connectivity index (χ0) is 47.8. The Labute approximate surface area is 417 Å². The van der Waals surface area contributed by atoms with Crippen molar-refractivity contribution < 1.29 is 9.51 Å². The van der Waals surface area contributed by atoms with E-state index in [9.17, 15) is 0 Å². The fourth-order valence-electron chi connectivity index (χ4n) is 11.5. The number of halogens is 1. The molecule has 0 radical (unpaired) electrons. The van der Waals surface area contributed by atoms with Crippen molar-refractivity contribution in [2.24, 2.45) is 0 Å². The molecule has 9 rings (SSSR count). The molecule has 68 heavy (non-hydrogen) atoms. The monoisotopic (exact) mass is 1050 g/mol. The molecule has 0 aliphatic rings. The average Bonchev–Trinajstić information content (AvgIpc) is 3.34. The van der Waals surface area contributed by atoms with Crippen LogP contribution in [0.5, 0.6) is 0 Å². The summed E-state index contributed by atoms with van der Waals surface area (Å²) in [5.41, 5.74) is 12.1. The van der Waals surface area contributed by atoms with E-state index in [0.29, 0.717) is 0 Å². The van der Waals surface area contributed by atoms with Gasteiger partial charge in [0.1, 0.15) is 0 Å². The fraction of sp³-hybridized carbons (Fsp3) is 0.143. The number of aryl methyl sites for hydroxylation is 9. The Hall–Kier alpha value is -4.74. The quantitative estimate of drug-likeness (QED) is 0.107. The van der Waals surface area contributed by atoms with E-state index in [1.54, 1.807) is 0 Å². The second kappa shape index (κ2) is 19.6. The van der Waals surface area contributed by atoms with Crippen LogP contribution in [0.15, 0.2) is 218 Å². The van der Waals surface area contributed by atoms with Gasteiger partial charge >= 0.3 is 420 Å². The Morgan fingerprint density at radius 3 is 0.412 bits per heavy atom. The van der Waals surface area contributed by atoms with Crippen LogP contribution in [0.25, 0.3) is 0 Å². The van der Waals surface area contributed by atoms with Crippen molar-refractivity contribution in [3.8, 4) is 0 Å². The first-order valence-electron chi connectivity index (χ1n) is 23.8. The number of rotatable bonds is 12. The molecule has 0 nitrogen and oxygen atoms in total. The van der Waals surface area contributed by atoms with Crippen molar-refractivity contribution in [2.75, 3.05) is 0 Å². The molecular weight excluding hydrogens is 988 g/mol. The summed E-state index contributed by atoms with van der Waals surface area (Å²) in [6, 6.07) is 86.6. The Morgan fingerprint density at radius 1 is 0.206 bits per heavy atom. The van der Waals surface area contributed by atoms with Crippen molar-refractivity contribution in [2.45, 2.75) is 62.3 Å². The van der Waals surface area contributed by atoms with Crippen molar-refractivity contribution in [1.29, 1.82) is 0 Å². The second-order valence-electron chi connectivity index (χ2n) is 18.6. The fourth-order valence-corrected chi connectivity index (χ4v) is 99.2. The van der Waals surface area contributed by atoms with Crippen LogP contribution in [0.4, 0.5) is 0 Å². The summed E-state index contributed by atoms with van der Waals surface area (Å²) in [4.78, 5) is 0. The maximum absolute atomic E-state index is 5.89. The van der Waals surface area contributed by atoms with Gasteiger partial charge in [0.15, 0.2) is 0 Å². The van der Waals surface area contributed by atoms with Gasteiger partial charge in [-0.3, -0.25) is 0 Å². The molecule has 0 aliphatic carbocycles. The molecule has 0 saturated carbocycles. The summed E-state index contributed by atoms with van der Waals surface area (Å²) >= 11 is 5.89. The van der Waals surface area contributed by atoms with E-state index in [2.05, 4.69) is 281 Å². The molecule has 0 bridgehead atoms. The molecule has 349 valence electrons. The summed E-state index contributed by atoms with van der Waals surface area (Å²) in [5, 5.41) is 13.4. The van der Waals surface area contributed by atoms with E-state index in [1.807, 2.05) is 0 Å². The standard InChI is InChI=1S/3C21H21P.BrH.Co/c3*1-16-10-4-7-13-19(16)22(20-14-8-5-11-17(20)2)21-15-9-6-12-18(21)3;;/h3*4-15H,1-3H3;1H;/q;;;;-2/p+2. The van der Waals surface area contributed by atoms with Gasteiger partial charge in [-0.15, -0.1) is 0 Å². The average molecular weight is 1050 g/mol. The molecular formula is C63H66BrCoP3. The first-order chi connectivity index (χ1) is 32.9. The SMILES string of the molecule is Cc1ccccc1[PH](c1ccccc1C)(c1ccccc1C)[Co]([Br])([PH](c1ccccc1C)(c1ccccc1C)c1ccccc1C)[PH](c1ccccc1C)(c1ccccc1C)c1ccccc1C. The topological polar surface area (TPSA) is 0 Å². The van der Waals surface area contributed by atoms with Gasteiger partial charge in [0.2, 0.25) is 0 Å². The van der Waals surface area contributed by atoms with Crippen molar-refractivity contribution in [1.82, 2.24) is 0 Å². The molecule has 0 fully saturated rings. The van der Waals surface area contributed by atoms with E-state index >= 15 is 0 Å². The van der Waals surface area contributed by atoms with Gasteiger partial charge in [-0.2, -0.15) is 0 Å². The van der Waals surface area contributed by atoms with Crippen molar-refractivity contribution >= 4 is 79.9 Å². The number of hydrogen-bond acceptors (Lipinski definition) is 0. The minimum absolute atomic E-state index is 1.35. The van der Waals surface area contributed by atoms with E-state index in [0.717, 1.165) is 0 Å². The van der Waals surface area contributed by atoms with Gasteiger partial charge in [-0.25, -0.2) is 0 Å². The van der Waals surface area contributed by atoms with E-state index in [-0.39, 0.29) is 0 Å². The second-order valence-corrected chi connectivity index (χ2v) is 55.3. The van der Waals surface area contributed by atoms with Crippen LogP contribution in [0.2, 0.25) is 0 Å². The summed E-state index contributed by atoms with van der Waals surface area (Å²) < 4.78 is 0. The van der Waals surface area contributed by atoms with Gasteiger partial charge < -0.3 is 0 Å². The van der Waals surface area contributed by atoms with Crippen LogP contribution in [0.1, 0.15) is 50.1 Å².